The third-order valence-corrected chi connectivity index (χ3v) is 3.27. The third kappa shape index (κ3) is 2.58. The van der Waals surface area contributed by atoms with Gasteiger partial charge in [0.1, 0.15) is 11.6 Å². The van der Waals surface area contributed by atoms with Crippen molar-refractivity contribution in [2.75, 3.05) is 11.9 Å². The second kappa shape index (κ2) is 5.46. The van der Waals surface area contributed by atoms with E-state index in [9.17, 15) is 4.39 Å². The highest BCUT2D eigenvalue weighted by Crippen LogP contribution is 2.25. The summed E-state index contributed by atoms with van der Waals surface area (Å²) in [6.45, 7) is 0.680. The van der Waals surface area contributed by atoms with Crippen molar-refractivity contribution >= 4 is 28.3 Å². The third-order valence-electron chi connectivity index (χ3n) is 3.06. The van der Waals surface area contributed by atoms with Gasteiger partial charge in [0.05, 0.1) is 11.7 Å². The summed E-state index contributed by atoms with van der Waals surface area (Å²) in [4.78, 5) is 11.0. The van der Waals surface area contributed by atoms with Gasteiger partial charge in [0.2, 0.25) is 0 Å². The Balaban J connectivity index is 1.75. The molecule has 2 aromatic heterocycles. The van der Waals surface area contributed by atoms with Crippen LogP contribution in [0.15, 0.2) is 36.9 Å². The highest BCUT2D eigenvalue weighted by Gasteiger charge is 2.09. The SMILES string of the molecule is Fc1cc(Cl)cc2c(CCNc3cnccn3)c[nH]c12. The molecule has 0 radical (unpaired) electrons. The van der Waals surface area contributed by atoms with Crippen LogP contribution in [0.4, 0.5) is 10.2 Å². The minimum atomic E-state index is -0.333. The van der Waals surface area contributed by atoms with Gasteiger partial charge in [-0.05, 0) is 24.1 Å². The van der Waals surface area contributed by atoms with Crippen LogP contribution in [0.1, 0.15) is 5.56 Å². The Morgan fingerprint density at radius 3 is 3.00 bits per heavy atom. The number of aromatic nitrogens is 3. The van der Waals surface area contributed by atoms with E-state index in [1.165, 1.54) is 6.07 Å². The number of hydrogen-bond donors (Lipinski definition) is 2. The largest absolute Gasteiger partial charge is 0.368 e. The first-order valence-electron chi connectivity index (χ1n) is 6.19. The summed E-state index contributed by atoms with van der Waals surface area (Å²) < 4.78 is 13.7. The zero-order valence-corrected chi connectivity index (χ0v) is 11.3. The van der Waals surface area contributed by atoms with E-state index in [1.807, 2.05) is 6.20 Å². The van der Waals surface area contributed by atoms with Crippen molar-refractivity contribution in [3.8, 4) is 0 Å². The molecule has 3 aromatic rings. The normalized spacial score (nSPS) is 10.9. The van der Waals surface area contributed by atoms with E-state index in [-0.39, 0.29) is 5.82 Å². The zero-order chi connectivity index (χ0) is 13.9. The van der Waals surface area contributed by atoms with Crippen LogP contribution >= 0.6 is 11.6 Å². The lowest BCUT2D eigenvalue weighted by molar-refractivity contribution is 0.637. The highest BCUT2D eigenvalue weighted by atomic mass is 35.5. The van der Waals surface area contributed by atoms with E-state index in [0.717, 1.165) is 23.2 Å². The summed E-state index contributed by atoms with van der Waals surface area (Å²) >= 11 is 5.89. The number of fused-ring (bicyclic) bond motifs is 1. The number of H-pyrrole nitrogens is 1. The molecule has 2 heterocycles. The summed E-state index contributed by atoms with van der Waals surface area (Å²) in [5.41, 5.74) is 1.50. The van der Waals surface area contributed by atoms with Gasteiger partial charge in [-0.3, -0.25) is 4.98 Å². The van der Waals surface area contributed by atoms with E-state index in [1.54, 1.807) is 24.7 Å². The lowest BCUT2D eigenvalue weighted by Crippen LogP contribution is -2.06. The van der Waals surface area contributed by atoms with E-state index in [0.29, 0.717) is 17.1 Å². The Morgan fingerprint density at radius 2 is 2.20 bits per heavy atom. The Bertz CT molecular complexity index is 727. The van der Waals surface area contributed by atoms with Crippen LogP contribution in [0.2, 0.25) is 5.02 Å². The van der Waals surface area contributed by atoms with Gasteiger partial charge in [0.15, 0.2) is 0 Å². The van der Waals surface area contributed by atoms with Gasteiger partial charge in [0, 0.05) is 35.5 Å². The molecule has 4 nitrogen and oxygen atoms in total. The first kappa shape index (κ1) is 12.9. The van der Waals surface area contributed by atoms with Crippen LogP contribution in [-0.4, -0.2) is 21.5 Å². The molecule has 0 aliphatic heterocycles. The van der Waals surface area contributed by atoms with Gasteiger partial charge in [-0.1, -0.05) is 11.6 Å². The molecule has 3 rings (SSSR count). The number of benzene rings is 1. The van der Waals surface area contributed by atoms with Gasteiger partial charge in [-0.15, -0.1) is 0 Å². The molecule has 6 heteroatoms. The fourth-order valence-corrected chi connectivity index (χ4v) is 2.34. The average Bonchev–Trinajstić information content (AvgIpc) is 2.83. The molecule has 0 atom stereocenters. The molecule has 0 spiro atoms. The van der Waals surface area contributed by atoms with Crippen LogP contribution in [0.3, 0.4) is 0 Å². The number of rotatable bonds is 4. The fourth-order valence-electron chi connectivity index (χ4n) is 2.13. The first-order valence-corrected chi connectivity index (χ1v) is 6.57. The van der Waals surface area contributed by atoms with Gasteiger partial charge in [0.25, 0.3) is 0 Å². The van der Waals surface area contributed by atoms with Crippen molar-refractivity contribution < 1.29 is 4.39 Å². The summed E-state index contributed by atoms with van der Waals surface area (Å²) in [5, 5.41) is 4.38. The van der Waals surface area contributed by atoms with Crippen molar-refractivity contribution in [3.05, 3.63) is 53.3 Å². The summed E-state index contributed by atoms with van der Waals surface area (Å²) in [6, 6.07) is 3.08. The maximum absolute atomic E-state index is 13.7. The lowest BCUT2D eigenvalue weighted by Gasteiger charge is -2.04. The smallest absolute Gasteiger partial charge is 0.148 e. The summed E-state index contributed by atoms with van der Waals surface area (Å²) in [5.74, 6) is 0.386. The van der Waals surface area contributed by atoms with Gasteiger partial charge >= 0.3 is 0 Å². The number of hydrogen-bond acceptors (Lipinski definition) is 3. The monoisotopic (exact) mass is 290 g/mol. The standard InChI is InChI=1S/C14H12ClFN4/c15-10-5-11-9(7-20-14(11)12(16)6-10)1-2-18-13-8-17-3-4-19-13/h3-8,20H,1-2H2,(H,18,19). The second-order valence-corrected chi connectivity index (χ2v) is 4.83. The fraction of sp³-hybridized carbons (Fsp3) is 0.143. The van der Waals surface area contributed by atoms with Gasteiger partial charge in [-0.2, -0.15) is 0 Å². The summed E-state index contributed by atoms with van der Waals surface area (Å²) in [7, 11) is 0. The molecule has 0 aliphatic carbocycles. The van der Waals surface area contributed by atoms with Gasteiger partial charge < -0.3 is 10.3 Å². The first-order chi connectivity index (χ1) is 9.74. The number of aromatic amines is 1. The van der Waals surface area contributed by atoms with E-state index in [2.05, 4.69) is 20.3 Å². The molecule has 0 saturated carbocycles. The zero-order valence-electron chi connectivity index (χ0n) is 10.5. The van der Waals surface area contributed by atoms with Crippen LogP contribution < -0.4 is 5.32 Å². The van der Waals surface area contributed by atoms with E-state index in [4.69, 9.17) is 11.6 Å². The minimum Gasteiger partial charge on any atom is -0.368 e. The Kier molecular flexibility index (Phi) is 3.52. The minimum absolute atomic E-state index is 0.333. The molecule has 0 amide bonds. The van der Waals surface area contributed by atoms with Crippen LogP contribution in [0, 0.1) is 5.82 Å². The molecule has 102 valence electrons. The summed E-state index contributed by atoms with van der Waals surface area (Å²) in [6.07, 6.45) is 7.45. The molecule has 0 aliphatic rings. The van der Waals surface area contributed by atoms with Crippen molar-refractivity contribution in [3.63, 3.8) is 0 Å². The molecule has 0 bridgehead atoms. The molecule has 1 aromatic carbocycles. The Morgan fingerprint density at radius 1 is 1.30 bits per heavy atom. The number of nitrogens with zero attached hydrogens (tertiary/aromatic N) is 2. The van der Waals surface area contributed by atoms with Gasteiger partial charge in [-0.25, -0.2) is 9.37 Å². The Labute approximate surface area is 120 Å². The molecular weight excluding hydrogens is 279 g/mol. The molecular formula is C14H12ClFN4. The van der Waals surface area contributed by atoms with Crippen molar-refractivity contribution in [1.29, 1.82) is 0 Å². The molecule has 0 fully saturated rings. The lowest BCUT2D eigenvalue weighted by atomic mass is 10.1. The average molecular weight is 291 g/mol. The molecule has 0 unspecified atom stereocenters. The van der Waals surface area contributed by atoms with Crippen molar-refractivity contribution in [1.82, 2.24) is 15.0 Å². The number of halogens is 2. The molecule has 20 heavy (non-hydrogen) atoms. The predicted molar refractivity (Wildman–Crippen MR) is 77.5 cm³/mol. The topological polar surface area (TPSA) is 53.6 Å². The maximum Gasteiger partial charge on any atom is 0.148 e. The predicted octanol–water partition coefficient (Wildman–Crippen LogP) is 3.41. The van der Waals surface area contributed by atoms with Crippen molar-refractivity contribution in [2.24, 2.45) is 0 Å². The highest BCUT2D eigenvalue weighted by molar-refractivity contribution is 6.31. The quantitative estimate of drug-likeness (QED) is 0.774. The van der Waals surface area contributed by atoms with Crippen LogP contribution in [-0.2, 0) is 6.42 Å². The van der Waals surface area contributed by atoms with Crippen LogP contribution in [0.5, 0.6) is 0 Å². The van der Waals surface area contributed by atoms with Crippen LogP contribution in [0.25, 0.3) is 10.9 Å². The van der Waals surface area contributed by atoms with E-state index >= 15 is 0 Å². The number of nitrogens with one attached hydrogen (secondary N) is 2. The maximum atomic E-state index is 13.7. The Hall–Kier alpha value is -2.14. The van der Waals surface area contributed by atoms with Crippen molar-refractivity contribution in [2.45, 2.75) is 6.42 Å². The second-order valence-electron chi connectivity index (χ2n) is 4.39. The number of anilines is 1. The van der Waals surface area contributed by atoms with E-state index < -0.39 is 0 Å². The molecule has 0 saturated heterocycles. The molecule has 2 N–H and O–H groups in total.